The van der Waals surface area contributed by atoms with E-state index >= 15 is 4.39 Å². The maximum absolute atomic E-state index is 15.3. The Labute approximate surface area is 244 Å². The fourth-order valence-corrected chi connectivity index (χ4v) is 7.09. The third-order valence-corrected chi connectivity index (χ3v) is 9.68. The van der Waals surface area contributed by atoms with E-state index in [2.05, 4.69) is 25.6 Å². The van der Waals surface area contributed by atoms with Gasteiger partial charge in [0.05, 0.1) is 0 Å². The normalized spacial score (nSPS) is 23.1. The van der Waals surface area contributed by atoms with Crippen molar-refractivity contribution in [1.29, 1.82) is 0 Å². The summed E-state index contributed by atoms with van der Waals surface area (Å²) in [6.07, 6.45) is 18.3. The van der Waals surface area contributed by atoms with E-state index in [-0.39, 0.29) is 11.4 Å². The van der Waals surface area contributed by atoms with E-state index in [1.54, 1.807) is 42.5 Å². The Morgan fingerprint density at radius 1 is 0.707 bits per heavy atom. The minimum Gasteiger partial charge on any atom is -0.206 e. The van der Waals surface area contributed by atoms with Crippen molar-refractivity contribution in [3.63, 3.8) is 0 Å². The lowest BCUT2D eigenvalue weighted by atomic mass is 9.68. The van der Waals surface area contributed by atoms with Crippen LogP contribution in [0.15, 0.2) is 79.4 Å². The molecule has 2 aliphatic carbocycles. The highest BCUT2D eigenvalue weighted by Crippen LogP contribution is 2.44. The Hall–Kier alpha value is -3.07. The monoisotopic (exact) mass is 556 g/mol. The predicted octanol–water partition coefficient (Wildman–Crippen LogP) is 11.6. The molecular weight excluding hydrogens is 513 g/mol. The molecule has 0 N–H and O–H groups in total. The maximum Gasteiger partial charge on any atom is 0.166 e. The van der Waals surface area contributed by atoms with E-state index < -0.39 is 11.6 Å². The molecule has 0 saturated heterocycles. The Kier molecular flexibility index (Phi) is 9.85. The topological polar surface area (TPSA) is 0 Å². The third-order valence-electron chi connectivity index (χ3n) is 9.68. The second-order valence-corrected chi connectivity index (χ2v) is 12.2. The summed E-state index contributed by atoms with van der Waals surface area (Å²) < 4.78 is 45.0. The Balaban J connectivity index is 1.22. The lowest BCUT2D eigenvalue weighted by Gasteiger charge is -2.37. The Morgan fingerprint density at radius 3 is 1.93 bits per heavy atom. The Morgan fingerprint density at radius 2 is 1.32 bits per heavy atom. The number of allylic oxidation sites excluding steroid dienone is 3. The molecule has 0 heterocycles. The summed E-state index contributed by atoms with van der Waals surface area (Å²) in [4.78, 5) is 0. The van der Waals surface area contributed by atoms with Crippen LogP contribution in [0.3, 0.4) is 0 Å². The first kappa shape index (κ1) is 29.4. The van der Waals surface area contributed by atoms with E-state index in [1.165, 1.54) is 38.5 Å². The number of halogens is 3. The van der Waals surface area contributed by atoms with Crippen LogP contribution < -0.4 is 0 Å². The molecule has 2 saturated carbocycles. The second-order valence-electron chi connectivity index (χ2n) is 12.2. The zero-order valence-electron chi connectivity index (χ0n) is 24.4. The molecule has 0 spiro atoms. The molecule has 5 rings (SSSR count). The van der Waals surface area contributed by atoms with Crippen LogP contribution in [0.5, 0.6) is 0 Å². The average Bonchev–Trinajstić information content (AvgIpc) is 3.01. The maximum atomic E-state index is 15.3. The van der Waals surface area contributed by atoms with E-state index in [0.29, 0.717) is 34.9 Å². The van der Waals surface area contributed by atoms with Crippen molar-refractivity contribution < 1.29 is 13.2 Å². The summed E-state index contributed by atoms with van der Waals surface area (Å²) in [5.74, 6) is 0.931. The molecule has 41 heavy (non-hydrogen) atoms. The predicted molar refractivity (Wildman–Crippen MR) is 165 cm³/mol. The molecule has 0 radical (unpaired) electrons. The van der Waals surface area contributed by atoms with Crippen LogP contribution >= 0.6 is 0 Å². The number of benzene rings is 3. The minimum absolute atomic E-state index is 0.218. The molecule has 3 aromatic carbocycles. The van der Waals surface area contributed by atoms with Gasteiger partial charge in [0, 0.05) is 11.1 Å². The first-order valence-electron chi connectivity index (χ1n) is 15.6. The molecule has 0 unspecified atom stereocenters. The number of hydrogen-bond acceptors (Lipinski definition) is 0. The van der Waals surface area contributed by atoms with Gasteiger partial charge in [0.25, 0.3) is 0 Å². The van der Waals surface area contributed by atoms with Gasteiger partial charge < -0.3 is 0 Å². The fourth-order valence-electron chi connectivity index (χ4n) is 7.09. The molecule has 0 aliphatic heterocycles. The number of hydrogen-bond donors (Lipinski definition) is 0. The molecule has 216 valence electrons. The van der Waals surface area contributed by atoms with Crippen molar-refractivity contribution in [1.82, 2.24) is 0 Å². The van der Waals surface area contributed by atoms with Crippen LogP contribution in [-0.4, -0.2) is 0 Å². The number of rotatable bonds is 9. The highest BCUT2D eigenvalue weighted by atomic mass is 19.2. The van der Waals surface area contributed by atoms with Gasteiger partial charge in [-0.15, -0.1) is 6.58 Å². The van der Waals surface area contributed by atoms with E-state index in [1.807, 2.05) is 18.2 Å². The summed E-state index contributed by atoms with van der Waals surface area (Å²) in [5, 5.41) is 0. The lowest BCUT2D eigenvalue weighted by molar-refractivity contribution is 0.171. The van der Waals surface area contributed by atoms with Gasteiger partial charge in [-0.1, -0.05) is 80.1 Å². The van der Waals surface area contributed by atoms with Crippen LogP contribution in [0.1, 0.15) is 88.2 Å². The smallest absolute Gasteiger partial charge is 0.166 e. The van der Waals surface area contributed by atoms with Crippen LogP contribution in [0.4, 0.5) is 13.2 Å². The highest BCUT2D eigenvalue weighted by molar-refractivity contribution is 5.71. The van der Waals surface area contributed by atoms with Gasteiger partial charge in [-0.05, 0) is 116 Å². The molecule has 3 aromatic rings. The first-order valence-corrected chi connectivity index (χ1v) is 15.6. The molecule has 0 bridgehead atoms. The molecule has 0 atom stereocenters. The zero-order valence-corrected chi connectivity index (χ0v) is 24.4. The van der Waals surface area contributed by atoms with Gasteiger partial charge >= 0.3 is 0 Å². The summed E-state index contributed by atoms with van der Waals surface area (Å²) in [7, 11) is 0. The van der Waals surface area contributed by atoms with E-state index in [9.17, 15) is 8.78 Å². The van der Waals surface area contributed by atoms with Crippen molar-refractivity contribution in [3.8, 4) is 22.3 Å². The molecule has 0 amide bonds. The lowest BCUT2D eigenvalue weighted by Crippen LogP contribution is -2.25. The largest absolute Gasteiger partial charge is 0.206 e. The first-order chi connectivity index (χ1) is 20.0. The summed E-state index contributed by atoms with van der Waals surface area (Å²) >= 11 is 0. The van der Waals surface area contributed by atoms with Crippen LogP contribution in [0.25, 0.3) is 22.3 Å². The van der Waals surface area contributed by atoms with Crippen molar-refractivity contribution in [2.24, 2.45) is 17.8 Å². The summed E-state index contributed by atoms with van der Waals surface area (Å²) in [5.41, 5.74) is 3.50. The van der Waals surface area contributed by atoms with Crippen LogP contribution in [-0.2, 0) is 6.42 Å². The average molecular weight is 557 g/mol. The molecule has 2 fully saturated rings. The van der Waals surface area contributed by atoms with Crippen LogP contribution in [0, 0.1) is 35.2 Å². The van der Waals surface area contributed by atoms with Gasteiger partial charge in [-0.2, -0.15) is 0 Å². The second kappa shape index (κ2) is 13.7. The molecule has 3 heteroatoms. The molecule has 2 aliphatic rings. The fraction of sp³-hybridized carbons (Fsp3) is 0.421. The van der Waals surface area contributed by atoms with Crippen molar-refractivity contribution in [2.45, 2.75) is 83.5 Å². The van der Waals surface area contributed by atoms with Gasteiger partial charge in [0.15, 0.2) is 11.6 Å². The standard InChI is InChI=1S/C38H43F3/c1-3-5-6-7-8-32-21-24-35(38(41)37(32)40)31-19-17-30(18-20-31)34-23-22-33(25-36(34)39)29-15-13-28(14-16-29)27-11-9-26(4-2)10-12-27/h4,6-7,17-29H,2-3,5,8-16H2,1H3/b7-6-. The van der Waals surface area contributed by atoms with E-state index in [4.69, 9.17) is 0 Å². The third kappa shape index (κ3) is 6.88. The van der Waals surface area contributed by atoms with Gasteiger partial charge in [-0.3, -0.25) is 0 Å². The number of unbranched alkanes of at least 4 members (excludes halogenated alkanes) is 1. The summed E-state index contributed by atoms with van der Waals surface area (Å²) in [6.45, 7) is 6.06. The van der Waals surface area contributed by atoms with E-state index in [0.717, 1.165) is 48.6 Å². The molecular formula is C38H43F3. The quantitative estimate of drug-likeness (QED) is 0.230. The molecule has 0 nitrogen and oxygen atoms in total. The zero-order chi connectivity index (χ0) is 28.8. The SMILES string of the molecule is C=CC1CCC(C2CCC(c3ccc(-c4ccc(-c5ccc(C/C=C\CCC)c(F)c5F)cc4)c(F)c3)CC2)CC1. The van der Waals surface area contributed by atoms with Crippen molar-refractivity contribution in [3.05, 3.63) is 108 Å². The highest BCUT2D eigenvalue weighted by Gasteiger charge is 2.31. The molecule has 0 aromatic heterocycles. The van der Waals surface area contributed by atoms with Gasteiger partial charge in [-0.25, -0.2) is 13.2 Å². The van der Waals surface area contributed by atoms with Crippen molar-refractivity contribution >= 4 is 0 Å². The summed E-state index contributed by atoms with van der Waals surface area (Å²) in [6, 6.07) is 16.0. The Bertz CT molecular complexity index is 1340. The van der Waals surface area contributed by atoms with Crippen molar-refractivity contribution in [2.75, 3.05) is 0 Å². The van der Waals surface area contributed by atoms with Gasteiger partial charge in [0.2, 0.25) is 0 Å². The van der Waals surface area contributed by atoms with Gasteiger partial charge in [0.1, 0.15) is 5.82 Å². The van der Waals surface area contributed by atoms with Crippen LogP contribution in [0.2, 0.25) is 0 Å². The minimum atomic E-state index is -0.839.